The second-order valence-electron chi connectivity index (χ2n) is 23.9. The molecule has 3 heterocycles. The van der Waals surface area contributed by atoms with Crippen molar-refractivity contribution in [3.05, 3.63) is 294 Å². The SMILES string of the molecule is CN(Cc1c(Cl)cccc1Cl)C(Cc1ccc2nc(-c3c(Cl)cccc3Cl)ccc2c1)C(=O)O.COC(=O)C(Cc1ccc2nc(-c3c(Cl)cccc3Cl)ccc2c1)N(C)Cc1c(Cl)cccc1Cl.COC(=O)C(Cc1ccc2nc(-c3c(Cl)cccc3Cl)ccc2c1)NCc1c(Cl)cccc1Cl.[Na+].[OH-]. The largest absolute Gasteiger partial charge is 1.00 e. The molecular formula is C79H63Cl12N6NaO7. The molecule has 26 heteroatoms. The van der Waals surface area contributed by atoms with Gasteiger partial charge in [-0.05, 0) is 177 Å². The first-order chi connectivity index (χ1) is 49.4. The number of rotatable bonds is 21. The predicted molar refractivity (Wildman–Crippen MR) is 427 cm³/mol. The first-order valence-electron chi connectivity index (χ1n) is 31.7. The first kappa shape index (κ1) is 84.6. The number of carbonyl (C=O) groups is 3. The Morgan fingerprint density at radius 2 is 0.676 bits per heavy atom. The molecule has 0 aliphatic carbocycles. The molecule has 0 aliphatic heterocycles. The van der Waals surface area contributed by atoms with Gasteiger partial charge in [0.1, 0.15) is 18.1 Å². The van der Waals surface area contributed by atoms with Gasteiger partial charge in [-0.15, -0.1) is 0 Å². The van der Waals surface area contributed by atoms with Crippen molar-refractivity contribution in [1.29, 1.82) is 0 Å². The number of nitrogens with zero attached hydrogens (tertiary/aromatic N) is 5. The number of fused-ring (bicyclic) bond motifs is 3. The molecule has 0 radical (unpaired) electrons. The van der Waals surface area contributed by atoms with Crippen LogP contribution in [0.25, 0.3) is 66.5 Å². The van der Waals surface area contributed by atoms with E-state index < -0.39 is 24.1 Å². The molecule has 3 aromatic heterocycles. The number of methoxy groups -OCH3 is 2. The minimum absolute atomic E-state index is 0. The molecular weight excluding hydrogens is 1590 g/mol. The number of hydrogen-bond donors (Lipinski definition) is 2. The van der Waals surface area contributed by atoms with Crippen LogP contribution in [0.5, 0.6) is 0 Å². The maximum Gasteiger partial charge on any atom is 1.00 e. The fourth-order valence-electron chi connectivity index (χ4n) is 11.6. The number of aliphatic carboxylic acids is 1. The Hall–Kier alpha value is -6.06. The van der Waals surface area contributed by atoms with E-state index >= 15 is 0 Å². The van der Waals surface area contributed by atoms with Gasteiger partial charge in [0.15, 0.2) is 0 Å². The van der Waals surface area contributed by atoms with Gasteiger partial charge >= 0.3 is 47.5 Å². The Labute approximate surface area is 690 Å². The van der Waals surface area contributed by atoms with Gasteiger partial charge in [-0.3, -0.25) is 29.5 Å². The van der Waals surface area contributed by atoms with Crippen molar-refractivity contribution in [3.8, 4) is 33.8 Å². The number of aromatic nitrogens is 3. The first-order valence-corrected chi connectivity index (χ1v) is 36.3. The van der Waals surface area contributed by atoms with Gasteiger partial charge in [0.05, 0.1) is 78.0 Å². The number of halogens is 12. The van der Waals surface area contributed by atoms with Gasteiger partial charge in [0.2, 0.25) is 0 Å². The van der Waals surface area contributed by atoms with Crippen LogP contribution >= 0.6 is 139 Å². The van der Waals surface area contributed by atoms with E-state index in [2.05, 4.69) is 5.32 Å². The predicted octanol–water partition coefficient (Wildman–Crippen LogP) is 19.6. The van der Waals surface area contributed by atoms with E-state index in [1.807, 2.05) is 103 Å². The van der Waals surface area contributed by atoms with Crippen molar-refractivity contribution in [2.75, 3.05) is 28.3 Å². The van der Waals surface area contributed by atoms with Crippen molar-refractivity contribution in [3.63, 3.8) is 0 Å². The molecule has 105 heavy (non-hydrogen) atoms. The molecule has 3 unspecified atom stereocenters. The van der Waals surface area contributed by atoms with E-state index in [0.29, 0.717) is 139 Å². The molecule has 12 rings (SSSR count). The van der Waals surface area contributed by atoms with Crippen molar-refractivity contribution in [2.24, 2.45) is 0 Å². The van der Waals surface area contributed by atoms with Crippen LogP contribution in [0, 0.1) is 0 Å². The average molecular weight is 1660 g/mol. The molecule has 0 spiro atoms. The summed E-state index contributed by atoms with van der Waals surface area (Å²) >= 11 is 75.8. The third kappa shape index (κ3) is 21.5. The summed E-state index contributed by atoms with van der Waals surface area (Å²) < 4.78 is 10.1. The van der Waals surface area contributed by atoms with Crippen LogP contribution in [0.2, 0.25) is 60.3 Å². The molecule has 0 aliphatic rings. The summed E-state index contributed by atoms with van der Waals surface area (Å²) in [5.41, 5.74) is 11.5. The third-order valence-electron chi connectivity index (χ3n) is 17.0. The van der Waals surface area contributed by atoms with Crippen LogP contribution in [0.3, 0.4) is 0 Å². The number of carbonyl (C=O) groups excluding carboxylic acids is 2. The minimum atomic E-state index is -0.924. The molecule has 0 bridgehead atoms. The van der Waals surface area contributed by atoms with E-state index in [-0.39, 0.29) is 47.0 Å². The van der Waals surface area contributed by atoms with Gasteiger partial charge in [-0.25, -0.2) is 15.0 Å². The zero-order valence-electron chi connectivity index (χ0n) is 56.7. The van der Waals surface area contributed by atoms with E-state index in [0.717, 1.165) is 60.5 Å². The molecule has 0 fully saturated rings. The molecule has 13 nitrogen and oxygen atoms in total. The zero-order valence-corrected chi connectivity index (χ0v) is 67.8. The molecule has 12 aromatic rings. The van der Waals surface area contributed by atoms with Gasteiger partial charge in [0.25, 0.3) is 0 Å². The zero-order chi connectivity index (χ0) is 73.8. The number of pyridine rings is 3. The van der Waals surface area contributed by atoms with Crippen molar-refractivity contribution >= 4 is 190 Å². The minimum Gasteiger partial charge on any atom is -0.870 e. The maximum absolute atomic E-state index is 12.7. The van der Waals surface area contributed by atoms with Crippen LogP contribution in [0.15, 0.2) is 200 Å². The van der Waals surface area contributed by atoms with Crippen LogP contribution in [0.4, 0.5) is 0 Å². The third-order valence-corrected chi connectivity index (χ3v) is 21.1. The number of benzene rings is 9. The second-order valence-corrected chi connectivity index (χ2v) is 28.7. The number of nitrogens with one attached hydrogen (secondary N) is 1. The molecule has 0 amide bonds. The van der Waals surface area contributed by atoms with E-state index in [4.69, 9.17) is 164 Å². The van der Waals surface area contributed by atoms with Crippen LogP contribution < -0.4 is 34.9 Å². The van der Waals surface area contributed by atoms with E-state index in [1.54, 1.807) is 121 Å². The molecule has 536 valence electrons. The van der Waals surface area contributed by atoms with E-state index in [1.165, 1.54) is 14.2 Å². The molecule has 0 saturated carbocycles. The van der Waals surface area contributed by atoms with Crippen LogP contribution in [-0.4, -0.2) is 99.7 Å². The van der Waals surface area contributed by atoms with Gasteiger partial charge in [-0.1, -0.05) is 212 Å². The number of esters is 2. The maximum atomic E-state index is 12.7. The fraction of sp³-hybridized carbons (Fsp3) is 0.165. The quantitative estimate of drug-likeness (QED) is 0.0514. The second kappa shape index (κ2) is 39.3. The molecule has 3 atom stereocenters. The van der Waals surface area contributed by atoms with Crippen LogP contribution in [0.1, 0.15) is 33.4 Å². The Bertz CT molecular complexity index is 5020. The standard InChI is InChI=1S/C27H22Cl4N2O2.2C26H20Cl4N2O2.Na.H2O/c1-33(15-18-19(28)5-3-6-20(18)29)25(27(34)35-2)14-16-9-11-23-17(13-16)10-12-24(32-23)26-21(30)7-4-8-22(26)31;1-32(14-17-18(27)4-2-5-19(17)28)24(26(33)34)13-15-8-10-22-16(12-15)9-11-23(31-22)25-20(29)6-3-7-21(25)30;1-34-26(33)24(31-14-17-18(27)4-2-5-19(17)28)13-15-8-10-22-16(12-15)9-11-23(32-22)25-20(29)6-3-7-21(25)30;;/h3-13,25H,14-15H2,1-2H3;2-12,24H,13-14H2,1H3,(H,33,34);2-12,24,31H,13-14H2,1H3;;1H2/q;;;+1;/p-1. The number of carboxylic acids is 1. The number of likely N-dealkylation sites (N-methyl/N-ethyl adjacent to an activating group) is 2. The smallest absolute Gasteiger partial charge is 0.870 e. The number of hydrogen-bond acceptors (Lipinski definition) is 12. The fourth-order valence-corrected chi connectivity index (χ4v) is 15.0. The van der Waals surface area contributed by atoms with E-state index in [9.17, 15) is 19.5 Å². The number of carboxylic acid groups (broad SMARTS) is 1. The summed E-state index contributed by atoms with van der Waals surface area (Å²) in [5, 5.41) is 22.3. The summed E-state index contributed by atoms with van der Waals surface area (Å²) in [6.45, 7) is 1.04. The molecule has 9 aromatic carbocycles. The summed E-state index contributed by atoms with van der Waals surface area (Å²) in [6.07, 6.45) is 1.17. The Balaban J connectivity index is 0.000000197. The average Bonchev–Trinajstić information content (AvgIpc) is 0.803. The molecule has 0 saturated heterocycles. The van der Waals surface area contributed by atoms with Crippen molar-refractivity contribution in [2.45, 2.75) is 57.0 Å². The Kier molecular flexibility index (Phi) is 31.7. The Morgan fingerprint density at radius 1 is 0.390 bits per heavy atom. The van der Waals surface area contributed by atoms with Gasteiger partial charge in [0, 0.05) is 99.3 Å². The summed E-state index contributed by atoms with van der Waals surface area (Å²) in [7, 11) is 6.35. The van der Waals surface area contributed by atoms with Crippen molar-refractivity contribution < 1.29 is 64.0 Å². The topological polar surface area (TPSA) is 177 Å². The Morgan fingerprint density at radius 3 is 0.990 bits per heavy atom. The number of ether oxygens (including phenoxy) is 2. The van der Waals surface area contributed by atoms with Gasteiger partial charge in [-0.2, -0.15) is 0 Å². The summed E-state index contributed by atoms with van der Waals surface area (Å²) in [5.74, 6) is -1.63. The molecule has 3 N–H and O–H groups in total. The van der Waals surface area contributed by atoms with Crippen LogP contribution in [-0.2, 0) is 62.8 Å². The summed E-state index contributed by atoms with van der Waals surface area (Å²) in [4.78, 5) is 55.0. The normalized spacial score (nSPS) is 11.9. The van der Waals surface area contributed by atoms with Crippen molar-refractivity contribution in [1.82, 2.24) is 30.1 Å². The summed E-state index contributed by atoms with van der Waals surface area (Å²) in [6, 6.07) is 59.1. The van der Waals surface area contributed by atoms with Gasteiger partial charge < -0.3 is 20.1 Å². The monoisotopic (exact) mass is 1650 g/mol.